The summed E-state index contributed by atoms with van der Waals surface area (Å²) in [6, 6.07) is 5.71. The molecule has 0 amide bonds. The van der Waals surface area contributed by atoms with Crippen LogP contribution in [0, 0.1) is 19.7 Å². The maximum absolute atomic E-state index is 13.1. The molecule has 0 aliphatic rings. The van der Waals surface area contributed by atoms with Gasteiger partial charge in [-0.05, 0) is 38.1 Å². The van der Waals surface area contributed by atoms with Gasteiger partial charge in [0.1, 0.15) is 11.4 Å². The maximum atomic E-state index is 13.1. The van der Waals surface area contributed by atoms with Gasteiger partial charge in [-0.3, -0.25) is 4.98 Å². The zero-order valence-electron chi connectivity index (χ0n) is 10.9. The first-order chi connectivity index (χ1) is 9.38. The van der Waals surface area contributed by atoms with Gasteiger partial charge in [0.2, 0.25) is 0 Å². The van der Waals surface area contributed by atoms with Crippen LogP contribution in [0.1, 0.15) is 21.7 Å². The number of aromatic carboxylic acids is 1. The fourth-order valence-corrected chi connectivity index (χ4v) is 2.11. The van der Waals surface area contributed by atoms with Gasteiger partial charge in [-0.2, -0.15) is 0 Å². The minimum absolute atomic E-state index is 0.0330. The van der Waals surface area contributed by atoms with E-state index in [2.05, 4.69) is 10.3 Å². The number of nitrogens with one attached hydrogen (secondary N) is 1. The van der Waals surface area contributed by atoms with Crippen molar-refractivity contribution in [1.29, 1.82) is 0 Å². The maximum Gasteiger partial charge on any atom is 0.339 e. The number of carboxylic acid groups (broad SMARTS) is 1. The lowest BCUT2D eigenvalue weighted by molar-refractivity contribution is 0.0696. The molecule has 1 heterocycles. The molecule has 1 aromatic carbocycles. The number of halogens is 2. The summed E-state index contributed by atoms with van der Waals surface area (Å²) >= 11 is 5.70. The van der Waals surface area contributed by atoms with Crippen molar-refractivity contribution in [2.75, 3.05) is 5.32 Å². The second-order valence-corrected chi connectivity index (χ2v) is 4.74. The topological polar surface area (TPSA) is 62.2 Å². The number of benzene rings is 1. The summed E-state index contributed by atoms with van der Waals surface area (Å²) in [5.74, 6) is -1.61. The monoisotopic (exact) mass is 294 g/mol. The third-order valence-corrected chi connectivity index (χ3v) is 3.03. The summed E-state index contributed by atoms with van der Waals surface area (Å²) < 4.78 is 13.1. The first-order valence-electron chi connectivity index (χ1n) is 5.82. The van der Waals surface area contributed by atoms with E-state index in [-0.39, 0.29) is 10.6 Å². The van der Waals surface area contributed by atoms with Gasteiger partial charge in [0, 0.05) is 11.4 Å². The van der Waals surface area contributed by atoms with E-state index >= 15 is 0 Å². The molecule has 2 rings (SSSR count). The van der Waals surface area contributed by atoms with E-state index in [0.717, 1.165) is 0 Å². The van der Waals surface area contributed by atoms with Crippen LogP contribution in [0.2, 0.25) is 5.02 Å². The predicted molar refractivity (Wildman–Crippen MR) is 75.4 cm³/mol. The van der Waals surface area contributed by atoms with Gasteiger partial charge in [0.15, 0.2) is 0 Å². The Morgan fingerprint density at radius 3 is 2.65 bits per heavy atom. The van der Waals surface area contributed by atoms with E-state index in [1.54, 1.807) is 19.9 Å². The van der Waals surface area contributed by atoms with Crippen LogP contribution in [0.5, 0.6) is 0 Å². The van der Waals surface area contributed by atoms with Gasteiger partial charge < -0.3 is 10.4 Å². The quantitative estimate of drug-likeness (QED) is 0.900. The van der Waals surface area contributed by atoms with Crippen molar-refractivity contribution in [3.05, 3.63) is 52.1 Å². The molecule has 0 saturated carbocycles. The van der Waals surface area contributed by atoms with E-state index in [4.69, 9.17) is 11.6 Å². The fourth-order valence-electron chi connectivity index (χ4n) is 1.93. The number of aryl methyl sites for hydroxylation is 2. The number of anilines is 2. The highest BCUT2D eigenvalue weighted by molar-refractivity contribution is 6.31. The molecule has 0 spiro atoms. The number of rotatable bonds is 3. The number of hydrogen-bond donors (Lipinski definition) is 2. The summed E-state index contributed by atoms with van der Waals surface area (Å²) in [7, 11) is 0. The highest BCUT2D eigenvalue weighted by Crippen LogP contribution is 2.26. The number of aromatic nitrogens is 1. The molecule has 104 valence electrons. The Balaban J connectivity index is 2.47. The summed E-state index contributed by atoms with van der Waals surface area (Å²) in [4.78, 5) is 15.4. The van der Waals surface area contributed by atoms with E-state index in [0.29, 0.717) is 22.8 Å². The Morgan fingerprint density at radius 2 is 2.05 bits per heavy atom. The van der Waals surface area contributed by atoms with Crippen LogP contribution in [-0.4, -0.2) is 16.1 Å². The Hall–Kier alpha value is -2.14. The SMILES string of the molecule is Cc1cc(Nc2ccc(F)c(Cl)c2)c(C(=O)O)c(C)n1. The number of carbonyl (C=O) groups is 1. The molecule has 20 heavy (non-hydrogen) atoms. The molecule has 1 aromatic heterocycles. The van der Waals surface area contributed by atoms with Crippen LogP contribution in [-0.2, 0) is 0 Å². The van der Waals surface area contributed by atoms with Crippen LogP contribution in [0.4, 0.5) is 15.8 Å². The average Bonchev–Trinajstić information content (AvgIpc) is 2.32. The van der Waals surface area contributed by atoms with Crippen LogP contribution in [0.15, 0.2) is 24.3 Å². The Bertz CT molecular complexity index is 689. The van der Waals surface area contributed by atoms with Crippen molar-refractivity contribution >= 4 is 28.9 Å². The van der Waals surface area contributed by atoms with Crippen molar-refractivity contribution < 1.29 is 14.3 Å². The van der Waals surface area contributed by atoms with Gasteiger partial charge in [-0.25, -0.2) is 9.18 Å². The van der Waals surface area contributed by atoms with Crippen LogP contribution in [0.3, 0.4) is 0 Å². The highest BCUT2D eigenvalue weighted by Gasteiger charge is 2.15. The Labute approximate surface area is 120 Å². The molecule has 2 aromatic rings. The summed E-state index contributed by atoms with van der Waals surface area (Å²) in [5, 5.41) is 12.1. The lowest BCUT2D eigenvalue weighted by atomic mass is 10.1. The third kappa shape index (κ3) is 2.88. The molecule has 0 aliphatic heterocycles. The van der Waals surface area contributed by atoms with Gasteiger partial charge >= 0.3 is 5.97 Å². The van der Waals surface area contributed by atoms with E-state index < -0.39 is 11.8 Å². The minimum atomic E-state index is -1.08. The molecule has 0 aliphatic carbocycles. The number of pyridine rings is 1. The van der Waals surface area contributed by atoms with Crippen molar-refractivity contribution in [1.82, 2.24) is 4.98 Å². The van der Waals surface area contributed by atoms with Crippen LogP contribution >= 0.6 is 11.6 Å². The fraction of sp³-hybridized carbons (Fsp3) is 0.143. The van der Waals surface area contributed by atoms with E-state index in [1.807, 2.05) is 0 Å². The molecule has 0 bridgehead atoms. The standard InChI is InChI=1S/C14H12ClFN2O2/c1-7-5-12(13(14(19)20)8(2)17-7)18-9-3-4-11(16)10(15)6-9/h3-6H,1-2H3,(H,17,18)(H,19,20). The van der Waals surface area contributed by atoms with Gasteiger partial charge in [0.05, 0.1) is 16.4 Å². The molecule has 0 unspecified atom stereocenters. The molecule has 0 radical (unpaired) electrons. The minimum Gasteiger partial charge on any atom is -0.478 e. The van der Waals surface area contributed by atoms with Crippen molar-refractivity contribution in [3.63, 3.8) is 0 Å². The van der Waals surface area contributed by atoms with Crippen molar-refractivity contribution in [2.24, 2.45) is 0 Å². The van der Waals surface area contributed by atoms with Gasteiger partial charge in [-0.1, -0.05) is 11.6 Å². The molecular formula is C14H12ClFN2O2. The predicted octanol–water partition coefficient (Wildman–Crippen LogP) is 3.93. The first kappa shape index (κ1) is 14.3. The molecule has 6 heteroatoms. The summed E-state index contributed by atoms with van der Waals surface area (Å²) in [6.07, 6.45) is 0. The molecule has 2 N–H and O–H groups in total. The first-order valence-corrected chi connectivity index (χ1v) is 6.20. The molecule has 4 nitrogen and oxygen atoms in total. The normalized spacial score (nSPS) is 10.4. The van der Waals surface area contributed by atoms with E-state index in [1.165, 1.54) is 18.2 Å². The van der Waals surface area contributed by atoms with Crippen molar-refractivity contribution in [3.8, 4) is 0 Å². The second kappa shape index (κ2) is 5.46. The lowest BCUT2D eigenvalue weighted by Gasteiger charge is -2.12. The van der Waals surface area contributed by atoms with Crippen LogP contribution in [0.25, 0.3) is 0 Å². The zero-order chi connectivity index (χ0) is 14.9. The largest absolute Gasteiger partial charge is 0.478 e. The smallest absolute Gasteiger partial charge is 0.339 e. The Kier molecular flexibility index (Phi) is 3.90. The number of carboxylic acids is 1. The summed E-state index contributed by atoms with van der Waals surface area (Å²) in [5.41, 5.74) is 2.07. The average molecular weight is 295 g/mol. The van der Waals surface area contributed by atoms with Gasteiger partial charge in [-0.15, -0.1) is 0 Å². The number of nitrogens with zero attached hydrogens (tertiary/aromatic N) is 1. The number of hydrogen-bond acceptors (Lipinski definition) is 3. The second-order valence-electron chi connectivity index (χ2n) is 4.33. The highest BCUT2D eigenvalue weighted by atomic mass is 35.5. The van der Waals surface area contributed by atoms with E-state index in [9.17, 15) is 14.3 Å². The molecule has 0 fully saturated rings. The Morgan fingerprint density at radius 1 is 1.35 bits per heavy atom. The summed E-state index contributed by atoms with van der Waals surface area (Å²) in [6.45, 7) is 3.39. The molecular weight excluding hydrogens is 283 g/mol. The lowest BCUT2D eigenvalue weighted by Crippen LogP contribution is -2.08. The van der Waals surface area contributed by atoms with Crippen molar-refractivity contribution in [2.45, 2.75) is 13.8 Å². The third-order valence-electron chi connectivity index (χ3n) is 2.74. The molecule has 0 saturated heterocycles. The zero-order valence-corrected chi connectivity index (χ0v) is 11.6. The van der Waals surface area contributed by atoms with Gasteiger partial charge in [0.25, 0.3) is 0 Å². The molecule has 0 atom stereocenters. The van der Waals surface area contributed by atoms with Crippen LogP contribution < -0.4 is 5.32 Å².